The molecular weight excluding hydrogens is 358 g/mol. The van der Waals surface area contributed by atoms with Crippen molar-refractivity contribution in [2.24, 2.45) is 0 Å². The number of nitrogens with zero attached hydrogens (tertiary/aromatic N) is 4. The molecule has 0 saturated carbocycles. The average Bonchev–Trinajstić information content (AvgIpc) is 3.34. The van der Waals surface area contributed by atoms with Crippen LogP contribution in [0.1, 0.15) is 35.8 Å². The highest BCUT2D eigenvalue weighted by atomic mass is 16.5. The van der Waals surface area contributed by atoms with Crippen LogP contribution in [0, 0.1) is 0 Å². The fourth-order valence-corrected chi connectivity index (χ4v) is 3.33. The summed E-state index contributed by atoms with van der Waals surface area (Å²) in [5, 5.41) is 7.05. The number of nitrogens with one attached hydrogen (secondary N) is 1. The van der Waals surface area contributed by atoms with Crippen molar-refractivity contribution in [3.05, 3.63) is 64.5 Å². The third-order valence-corrected chi connectivity index (χ3v) is 4.67. The highest BCUT2D eigenvalue weighted by molar-refractivity contribution is 5.98. The Kier molecular flexibility index (Phi) is 4.92. The minimum atomic E-state index is -0.203. The molecule has 0 radical (unpaired) electrons. The van der Waals surface area contributed by atoms with Gasteiger partial charge in [0.05, 0.1) is 11.6 Å². The molecule has 0 bridgehead atoms. The normalized spacial score (nSPS) is 11.3. The van der Waals surface area contributed by atoms with E-state index in [1.165, 1.54) is 4.40 Å². The van der Waals surface area contributed by atoms with Crippen LogP contribution in [-0.2, 0) is 13.0 Å². The van der Waals surface area contributed by atoms with Crippen LogP contribution in [0.2, 0.25) is 0 Å². The molecule has 1 amide bonds. The van der Waals surface area contributed by atoms with Crippen LogP contribution in [-0.4, -0.2) is 31.6 Å². The maximum Gasteiger partial charge on any atom is 0.267 e. The van der Waals surface area contributed by atoms with E-state index in [0.717, 1.165) is 24.8 Å². The lowest BCUT2D eigenvalue weighted by Crippen LogP contribution is -2.27. The van der Waals surface area contributed by atoms with Gasteiger partial charge in [-0.2, -0.15) is 0 Å². The van der Waals surface area contributed by atoms with E-state index in [9.17, 15) is 9.59 Å². The monoisotopic (exact) mass is 379 g/mol. The highest BCUT2D eigenvalue weighted by Gasteiger charge is 2.19. The Hall–Kier alpha value is -3.42. The van der Waals surface area contributed by atoms with E-state index in [1.54, 1.807) is 36.9 Å². The van der Waals surface area contributed by atoms with Crippen molar-refractivity contribution < 1.29 is 9.32 Å². The van der Waals surface area contributed by atoms with E-state index in [1.807, 2.05) is 17.6 Å². The number of pyridine rings is 1. The van der Waals surface area contributed by atoms with Gasteiger partial charge in [-0.15, -0.1) is 0 Å². The summed E-state index contributed by atoms with van der Waals surface area (Å²) < 4.78 is 8.13. The number of rotatable bonds is 7. The average molecular weight is 379 g/mol. The molecule has 0 fully saturated rings. The summed E-state index contributed by atoms with van der Waals surface area (Å²) in [5.41, 5.74) is 2.40. The van der Waals surface area contributed by atoms with Gasteiger partial charge in [0.15, 0.2) is 0 Å². The molecule has 0 aliphatic carbocycles. The van der Waals surface area contributed by atoms with Crippen LogP contribution in [0.4, 0.5) is 0 Å². The molecule has 0 aromatic carbocycles. The van der Waals surface area contributed by atoms with Gasteiger partial charge >= 0.3 is 0 Å². The quantitative estimate of drug-likeness (QED) is 0.498. The van der Waals surface area contributed by atoms with E-state index < -0.39 is 0 Å². The molecule has 144 valence electrons. The summed E-state index contributed by atoms with van der Waals surface area (Å²) in [6, 6.07) is 7.06. The van der Waals surface area contributed by atoms with Gasteiger partial charge in [-0.3, -0.25) is 14.0 Å². The number of hydrogen-bond donors (Lipinski definition) is 1. The molecule has 4 heterocycles. The minimum absolute atomic E-state index is 0.169. The number of amides is 1. The lowest BCUT2D eigenvalue weighted by atomic mass is 10.2. The Morgan fingerprint density at radius 2 is 2.21 bits per heavy atom. The van der Waals surface area contributed by atoms with Gasteiger partial charge in [-0.25, -0.2) is 4.98 Å². The standard InChI is InChI=1S/C20H21N5O3/c1-2-9-24-16(19(26)21-8-5-6-14-12-22-28-13-14)11-15-18(24)23-17-7-3-4-10-25(17)20(15)27/h3-4,7,10-13H,2,5-6,8-9H2,1H3,(H,21,26). The van der Waals surface area contributed by atoms with Crippen molar-refractivity contribution in [3.8, 4) is 0 Å². The van der Waals surface area contributed by atoms with E-state index >= 15 is 0 Å². The number of fused-ring (bicyclic) bond motifs is 2. The van der Waals surface area contributed by atoms with Gasteiger partial charge in [-0.1, -0.05) is 18.1 Å². The molecule has 4 aromatic heterocycles. The Morgan fingerprint density at radius 3 is 3.00 bits per heavy atom. The maximum absolute atomic E-state index is 12.8. The Bertz CT molecular complexity index is 1170. The molecule has 0 spiro atoms. The molecule has 1 N–H and O–H groups in total. The lowest BCUT2D eigenvalue weighted by Gasteiger charge is -2.09. The first-order chi connectivity index (χ1) is 13.7. The zero-order chi connectivity index (χ0) is 19.5. The highest BCUT2D eigenvalue weighted by Crippen LogP contribution is 2.17. The van der Waals surface area contributed by atoms with Crippen molar-refractivity contribution in [2.45, 2.75) is 32.7 Å². The summed E-state index contributed by atoms with van der Waals surface area (Å²) in [7, 11) is 0. The maximum atomic E-state index is 12.8. The first kappa shape index (κ1) is 18.0. The van der Waals surface area contributed by atoms with Crippen molar-refractivity contribution in [3.63, 3.8) is 0 Å². The van der Waals surface area contributed by atoms with Crippen LogP contribution in [0.25, 0.3) is 16.7 Å². The second-order valence-electron chi connectivity index (χ2n) is 6.66. The molecular formula is C20H21N5O3. The van der Waals surface area contributed by atoms with E-state index in [-0.39, 0.29) is 11.5 Å². The Morgan fingerprint density at radius 1 is 1.32 bits per heavy atom. The van der Waals surface area contributed by atoms with Crippen molar-refractivity contribution >= 4 is 22.6 Å². The van der Waals surface area contributed by atoms with Gasteiger partial charge in [0.1, 0.15) is 23.3 Å². The molecule has 0 aliphatic rings. The van der Waals surface area contributed by atoms with Crippen molar-refractivity contribution in [1.82, 2.24) is 24.4 Å². The van der Waals surface area contributed by atoms with Crippen LogP contribution in [0.3, 0.4) is 0 Å². The van der Waals surface area contributed by atoms with Crippen LogP contribution < -0.4 is 10.9 Å². The van der Waals surface area contributed by atoms with E-state index in [4.69, 9.17) is 4.52 Å². The molecule has 0 aliphatic heterocycles. The number of hydrogen-bond acceptors (Lipinski definition) is 5. The van der Waals surface area contributed by atoms with E-state index in [2.05, 4.69) is 15.5 Å². The van der Waals surface area contributed by atoms with Gasteiger partial charge in [-0.05, 0) is 37.5 Å². The summed E-state index contributed by atoms with van der Waals surface area (Å²) >= 11 is 0. The van der Waals surface area contributed by atoms with Crippen LogP contribution in [0.15, 0.2) is 52.2 Å². The number of aromatic nitrogens is 4. The van der Waals surface area contributed by atoms with Crippen molar-refractivity contribution in [1.29, 1.82) is 0 Å². The second-order valence-corrected chi connectivity index (χ2v) is 6.66. The topological polar surface area (TPSA) is 94.4 Å². The molecule has 28 heavy (non-hydrogen) atoms. The fourth-order valence-electron chi connectivity index (χ4n) is 3.33. The zero-order valence-electron chi connectivity index (χ0n) is 15.6. The molecule has 4 aromatic rings. The summed E-state index contributed by atoms with van der Waals surface area (Å²) in [6.07, 6.45) is 7.33. The summed E-state index contributed by atoms with van der Waals surface area (Å²) in [5.74, 6) is -0.203. The molecule has 8 heteroatoms. The fraction of sp³-hybridized carbons (Fsp3) is 0.300. The van der Waals surface area contributed by atoms with Crippen LogP contribution in [0.5, 0.6) is 0 Å². The number of aryl methyl sites for hydroxylation is 2. The Balaban J connectivity index is 1.62. The SMILES string of the molecule is CCCn1c(C(=O)NCCCc2cnoc2)cc2c(=O)n3ccccc3nc21. The smallest absolute Gasteiger partial charge is 0.267 e. The third-order valence-electron chi connectivity index (χ3n) is 4.67. The minimum Gasteiger partial charge on any atom is -0.364 e. The lowest BCUT2D eigenvalue weighted by molar-refractivity contribution is 0.0944. The Labute approximate surface area is 160 Å². The zero-order valence-corrected chi connectivity index (χ0v) is 15.6. The second kappa shape index (κ2) is 7.67. The van der Waals surface area contributed by atoms with Gasteiger partial charge in [0.25, 0.3) is 11.5 Å². The van der Waals surface area contributed by atoms with Gasteiger partial charge in [0.2, 0.25) is 0 Å². The predicted molar refractivity (Wildman–Crippen MR) is 104 cm³/mol. The number of carbonyl (C=O) groups is 1. The van der Waals surface area contributed by atoms with Crippen molar-refractivity contribution in [2.75, 3.05) is 6.54 Å². The number of carbonyl (C=O) groups excluding carboxylic acids is 1. The molecule has 0 unspecified atom stereocenters. The van der Waals surface area contributed by atoms with E-state index in [0.29, 0.717) is 35.5 Å². The largest absolute Gasteiger partial charge is 0.364 e. The first-order valence-electron chi connectivity index (χ1n) is 9.36. The van der Waals surface area contributed by atoms with Gasteiger partial charge in [0, 0.05) is 24.8 Å². The predicted octanol–water partition coefficient (Wildman–Crippen LogP) is 2.41. The third kappa shape index (κ3) is 3.28. The molecule has 8 nitrogen and oxygen atoms in total. The molecule has 0 atom stereocenters. The molecule has 4 rings (SSSR count). The molecule has 0 saturated heterocycles. The first-order valence-corrected chi connectivity index (χ1v) is 9.36. The summed E-state index contributed by atoms with van der Waals surface area (Å²) in [4.78, 5) is 30.2. The van der Waals surface area contributed by atoms with Gasteiger partial charge < -0.3 is 14.4 Å². The van der Waals surface area contributed by atoms with Crippen LogP contribution >= 0.6 is 0 Å². The summed E-state index contributed by atoms with van der Waals surface area (Å²) in [6.45, 7) is 3.16.